The van der Waals surface area contributed by atoms with Crippen molar-refractivity contribution in [2.75, 3.05) is 18.9 Å². The van der Waals surface area contributed by atoms with Crippen molar-refractivity contribution in [3.63, 3.8) is 0 Å². The Morgan fingerprint density at radius 2 is 1.55 bits per heavy atom. The van der Waals surface area contributed by atoms with E-state index in [1.54, 1.807) is 37.2 Å². The maximum absolute atomic E-state index is 13.0. The molecule has 1 aromatic heterocycles. The number of nitrogens with zero attached hydrogens (tertiary/aromatic N) is 2. The van der Waals surface area contributed by atoms with Crippen LogP contribution in [0.5, 0.6) is 0 Å². The maximum atomic E-state index is 13.0. The van der Waals surface area contributed by atoms with Crippen LogP contribution in [0.4, 0.5) is 5.82 Å². The third-order valence-corrected chi connectivity index (χ3v) is 5.45. The number of hydrogen-bond donors (Lipinski definition) is 2. The SMILES string of the molecule is CC(C(=O)NC(c1ccccc1)c1ccccc1)N(C)CC(=O)Nc1ccc(Br)cn1. The number of hydrogen-bond acceptors (Lipinski definition) is 4. The van der Waals surface area contributed by atoms with Gasteiger partial charge in [-0.2, -0.15) is 0 Å². The predicted octanol–water partition coefficient (Wildman–Crippen LogP) is 4.01. The van der Waals surface area contributed by atoms with Crippen molar-refractivity contribution in [1.29, 1.82) is 0 Å². The molecule has 1 heterocycles. The summed E-state index contributed by atoms with van der Waals surface area (Å²) in [6.07, 6.45) is 1.61. The average molecular weight is 481 g/mol. The summed E-state index contributed by atoms with van der Waals surface area (Å²) < 4.78 is 0.833. The minimum absolute atomic E-state index is 0.0632. The maximum Gasteiger partial charge on any atom is 0.239 e. The molecular formula is C24H25BrN4O2. The third-order valence-electron chi connectivity index (χ3n) is 4.98. The second-order valence-corrected chi connectivity index (χ2v) is 8.18. The molecule has 0 radical (unpaired) electrons. The van der Waals surface area contributed by atoms with E-state index in [9.17, 15) is 9.59 Å². The highest BCUT2D eigenvalue weighted by atomic mass is 79.9. The summed E-state index contributed by atoms with van der Waals surface area (Å²) in [5.41, 5.74) is 1.99. The molecule has 2 N–H and O–H groups in total. The van der Waals surface area contributed by atoms with Gasteiger partial charge in [-0.05, 0) is 53.2 Å². The number of carbonyl (C=O) groups excluding carboxylic acids is 2. The van der Waals surface area contributed by atoms with Crippen LogP contribution < -0.4 is 10.6 Å². The lowest BCUT2D eigenvalue weighted by Gasteiger charge is -2.27. The fourth-order valence-corrected chi connectivity index (χ4v) is 3.34. The molecule has 0 aliphatic heterocycles. The van der Waals surface area contributed by atoms with Crippen molar-refractivity contribution in [3.05, 3.63) is 94.6 Å². The van der Waals surface area contributed by atoms with Crippen molar-refractivity contribution >= 4 is 33.6 Å². The third kappa shape index (κ3) is 6.47. The summed E-state index contributed by atoms with van der Waals surface area (Å²) in [4.78, 5) is 31.2. The lowest BCUT2D eigenvalue weighted by Crippen LogP contribution is -2.47. The van der Waals surface area contributed by atoms with Crippen molar-refractivity contribution in [2.24, 2.45) is 0 Å². The van der Waals surface area contributed by atoms with E-state index in [2.05, 4.69) is 31.5 Å². The fourth-order valence-electron chi connectivity index (χ4n) is 3.11. The number of rotatable bonds is 8. The molecule has 0 aliphatic carbocycles. The van der Waals surface area contributed by atoms with E-state index in [-0.39, 0.29) is 24.4 Å². The number of amides is 2. The number of likely N-dealkylation sites (N-methyl/N-ethyl adjacent to an activating group) is 1. The number of halogens is 1. The second-order valence-electron chi connectivity index (χ2n) is 7.26. The number of benzene rings is 2. The number of anilines is 1. The van der Waals surface area contributed by atoms with Gasteiger partial charge in [0.25, 0.3) is 0 Å². The van der Waals surface area contributed by atoms with Gasteiger partial charge in [-0.25, -0.2) is 4.98 Å². The Morgan fingerprint density at radius 3 is 2.06 bits per heavy atom. The Balaban J connectivity index is 1.64. The molecule has 0 fully saturated rings. The molecule has 6 nitrogen and oxygen atoms in total. The van der Waals surface area contributed by atoms with Crippen LogP contribution in [0.15, 0.2) is 83.5 Å². The molecular weight excluding hydrogens is 456 g/mol. The lowest BCUT2D eigenvalue weighted by molar-refractivity contribution is -0.127. The first-order valence-corrected chi connectivity index (χ1v) is 10.8. The Kier molecular flexibility index (Phi) is 7.92. The van der Waals surface area contributed by atoms with E-state index in [0.717, 1.165) is 15.6 Å². The minimum atomic E-state index is -0.501. The zero-order chi connectivity index (χ0) is 22.2. The quantitative estimate of drug-likeness (QED) is 0.510. The number of pyridine rings is 1. The molecule has 3 rings (SSSR count). The summed E-state index contributed by atoms with van der Waals surface area (Å²) in [5, 5.41) is 5.87. The normalized spacial score (nSPS) is 11.9. The van der Waals surface area contributed by atoms with Crippen LogP contribution in [-0.2, 0) is 9.59 Å². The first-order chi connectivity index (χ1) is 14.9. The predicted molar refractivity (Wildman–Crippen MR) is 126 cm³/mol. The summed E-state index contributed by atoms with van der Waals surface area (Å²) in [7, 11) is 1.75. The van der Waals surface area contributed by atoms with Gasteiger partial charge in [0.05, 0.1) is 18.6 Å². The molecule has 2 amide bonds. The van der Waals surface area contributed by atoms with E-state index >= 15 is 0 Å². The lowest BCUT2D eigenvalue weighted by atomic mass is 9.98. The summed E-state index contributed by atoms with van der Waals surface area (Å²) in [6.45, 7) is 1.85. The molecule has 1 atom stereocenters. The van der Waals surface area contributed by atoms with Crippen molar-refractivity contribution in [2.45, 2.75) is 19.0 Å². The molecule has 0 aliphatic rings. The molecule has 1 unspecified atom stereocenters. The number of carbonyl (C=O) groups is 2. The summed E-state index contributed by atoms with van der Waals surface area (Å²) in [5.74, 6) is 0.0707. The van der Waals surface area contributed by atoms with Gasteiger partial charge >= 0.3 is 0 Å². The van der Waals surface area contributed by atoms with Gasteiger partial charge in [-0.3, -0.25) is 14.5 Å². The van der Waals surface area contributed by atoms with Gasteiger partial charge in [0, 0.05) is 10.7 Å². The van der Waals surface area contributed by atoms with Crippen LogP contribution in [-0.4, -0.2) is 41.3 Å². The van der Waals surface area contributed by atoms with Gasteiger partial charge in [-0.15, -0.1) is 0 Å². The van der Waals surface area contributed by atoms with Gasteiger partial charge in [0.15, 0.2) is 0 Å². The molecule has 0 bridgehead atoms. The molecule has 160 valence electrons. The Hall–Kier alpha value is -3.03. The topological polar surface area (TPSA) is 74.3 Å². The Morgan fingerprint density at radius 1 is 0.968 bits per heavy atom. The smallest absolute Gasteiger partial charge is 0.239 e. The minimum Gasteiger partial charge on any atom is -0.344 e. The van der Waals surface area contributed by atoms with Crippen molar-refractivity contribution < 1.29 is 9.59 Å². The zero-order valence-corrected chi connectivity index (χ0v) is 19.0. The van der Waals surface area contributed by atoms with Crippen LogP contribution in [0.25, 0.3) is 0 Å². The molecule has 0 saturated carbocycles. The van der Waals surface area contributed by atoms with Gasteiger partial charge in [-0.1, -0.05) is 60.7 Å². The highest BCUT2D eigenvalue weighted by Gasteiger charge is 2.24. The Labute approximate surface area is 190 Å². The first kappa shape index (κ1) is 22.7. The largest absolute Gasteiger partial charge is 0.344 e. The molecule has 2 aromatic carbocycles. The van der Waals surface area contributed by atoms with Crippen molar-refractivity contribution in [3.8, 4) is 0 Å². The molecule has 3 aromatic rings. The van der Waals surface area contributed by atoms with Crippen LogP contribution in [0, 0.1) is 0 Å². The number of nitrogens with one attached hydrogen (secondary N) is 2. The van der Waals surface area contributed by atoms with Gasteiger partial charge in [0.1, 0.15) is 5.82 Å². The molecule has 31 heavy (non-hydrogen) atoms. The van der Waals surface area contributed by atoms with Crippen LogP contribution in [0.1, 0.15) is 24.1 Å². The number of aromatic nitrogens is 1. The van der Waals surface area contributed by atoms with E-state index in [4.69, 9.17) is 0 Å². The highest BCUT2D eigenvalue weighted by Crippen LogP contribution is 2.22. The molecule has 0 saturated heterocycles. The van der Waals surface area contributed by atoms with E-state index in [1.807, 2.05) is 60.7 Å². The first-order valence-electron chi connectivity index (χ1n) is 9.96. The molecule has 0 spiro atoms. The Bertz CT molecular complexity index is 958. The highest BCUT2D eigenvalue weighted by molar-refractivity contribution is 9.10. The van der Waals surface area contributed by atoms with Crippen LogP contribution in [0.3, 0.4) is 0 Å². The zero-order valence-electron chi connectivity index (χ0n) is 17.5. The van der Waals surface area contributed by atoms with Crippen molar-refractivity contribution in [1.82, 2.24) is 15.2 Å². The van der Waals surface area contributed by atoms with E-state index < -0.39 is 6.04 Å². The second kappa shape index (κ2) is 10.8. The van der Waals surface area contributed by atoms with Gasteiger partial charge in [0.2, 0.25) is 11.8 Å². The summed E-state index contributed by atoms with van der Waals surface area (Å²) in [6, 6.07) is 22.4. The average Bonchev–Trinajstić information content (AvgIpc) is 2.79. The fraction of sp³-hybridized carbons (Fsp3) is 0.208. The van der Waals surface area contributed by atoms with Crippen LogP contribution in [0.2, 0.25) is 0 Å². The monoisotopic (exact) mass is 480 g/mol. The molecule has 7 heteroatoms. The van der Waals surface area contributed by atoms with Gasteiger partial charge < -0.3 is 10.6 Å². The van der Waals surface area contributed by atoms with E-state index in [0.29, 0.717) is 5.82 Å². The standard InChI is InChI=1S/C24H25BrN4O2/c1-17(29(2)16-22(30)27-21-14-13-20(25)15-26-21)24(31)28-23(18-9-5-3-6-10-18)19-11-7-4-8-12-19/h3-15,17,23H,16H2,1-2H3,(H,28,31)(H,26,27,30). The van der Waals surface area contributed by atoms with Crippen LogP contribution >= 0.6 is 15.9 Å². The summed E-state index contributed by atoms with van der Waals surface area (Å²) >= 11 is 3.31. The van der Waals surface area contributed by atoms with E-state index in [1.165, 1.54) is 0 Å².